The summed E-state index contributed by atoms with van der Waals surface area (Å²) in [6, 6.07) is 63.0. The molecule has 0 saturated heterocycles. The maximum Gasteiger partial charge on any atom is 0.220 e. The molecule has 0 N–H and O–H groups in total. The first-order chi connectivity index (χ1) is 31.6. The van der Waals surface area contributed by atoms with Gasteiger partial charge in [-0.1, -0.05) is 133 Å². The first-order valence-electron chi connectivity index (χ1n) is 21.4. The van der Waals surface area contributed by atoms with Crippen molar-refractivity contribution in [3.63, 3.8) is 0 Å². The Morgan fingerprint density at radius 1 is 0.453 bits per heavy atom. The van der Waals surface area contributed by atoms with Gasteiger partial charge in [-0.25, -0.2) is 4.85 Å². The lowest BCUT2D eigenvalue weighted by molar-refractivity contribution is 1.13. The molecule has 4 nitrogen and oxygen atoms in total. The fourth-order valence-corrected chi connectivity index (χ4v) is 13.1. The minimum atomic E-state index is 0.444. The summed E-state index contributed by atoms with van der Waals surface area (Å²) in [5.74, 6) is 0. The normalized spacial score (nSPS) is 11.9. The van der Waals surface area contributed by atoms with Gasteiger partial charge >= 0.3 is 0 Å². The van der Waals surface area contributed by atoms with Gasteiger partial charge < -0.3 is 9.13 Å². The SMILES string of the molecule is [C-]#[N+]c1c(-c2ccccc2C)c(C#N)c(-n2c3ccccc3c3c4sc5ccccc5c4ccc32)c(-c2ccccc2C)c1-n1c2ccccc2c2c3sc4ccccc4c3ccc21. The molecule has 4 heterocycles. The van der Waals surface area contributed by atoms with Crippen molar-refractivity contribution in [3.05, 3.63) is 198 Å². The second-order valence-electron chi connectivity index (χ2n) is 16.6. The second kappa shape index (κ2) is 13.8. The van der Waals surface area contributed by atoms with Crippen LogP contribution < -0.4 is 0 Å². The summed E-state index contributed by atoms with van der Waals surface area (Å²) in [5, 5.41) is 21.4. The summed E-state index contributed by atoms with van der Waals surface area (Å²) in [6.45, 7) is 13.5. The number of thiophene rings is 2. The topological polar surface area (TPSA) is 38.0 Å². The summed E-state index contributed by atoms with van der Waals surface area (Å²) in [5.41, 5.74) is 11.8. The number of nitrogens with zero attached hydrogens (tertiary/aromatic N) is 4. The largest absolute Gasteiger partial charge is 0.318 e. The molecule has 4 aromatic heterocycles. The van der Waals surface area contributed by atoms with Crippen LogP contribution in [0.25, 0.3) is 122 Å². The van der Waals surface area contributed by atoms with E-state index >= 15 is 0 Å². The van der Waals surface area contributed by atoms with E-state index in [1.54, 1.807) is 0 Å². The van der Waals surface area contributed by atoms with Crippen molar-refractivity contribution >= 4 is 112 Å². The number of hydrogen-bond donors (Lipinski definition) is 0. The summed E-state index contributed by atoms with van der Waals surface area (Å²) < 4.78 is 9.60. The van der Waals surface area contributed by atoms with Gasteiger partial charge in [-0.15, -0.1) is 22.7 Å². The third-order valence-corrected chi connectivity index (χ3v) is 15.7. The Bertz CT molecular complexity index is 4030. The van der Waals surface area contributed by atoms with E-state index in [-0.39, 0.29) is 0 Å². The lowest BCUT2D eigenvalue weighted by atomic mass is 9.86. The van der Waals surface area contributed by atoms with Crippen molar-refractivity contribution in [1.29, 1.82) is 5.26 Å². The second-order valence-corrected chi connectivity index (χ2v) is 18.7. The van der Waals surface area contributed by atoms with Crippen molar-refractivity contribution in [2.24, 2.45) is 0 Å². The number of benzene rings is 9. The van der Waals surface area contributed by atoms with Gasteiger partial charge in [0.05, 0.1) is 45.6 Å². The Labute approximate surface area is 376 Å². The molecule has 13 aromatic rings. The Morgan fingerprint density at radius 3 is 1.39 bits per heavy atom. The third kappa shape index (κ3) is 4.90. The van der Waals surface area contributed by atoms with Crippen LogP contribution in [-0.2, 0) is 0 Å². The van der Waals surface area contributed by atoms with E-state index in [0.717, 1.165) is 82.8 Å². The molecule has 64 heavy (non-hydrogen) atoms. The average molecular weight is 851 g/mol. The maximum atomic E-state index is 11.9. The van der Waals surface area contributed by atoms with Crippen molar-refractivity contribution in [2.45, 2.75) is 13.8 Å². The van der Waals surface area contributed by atoms with Gasteiger partial charge in [0.2, 0.25) is 5.69 Å². The van der Waals surface area contributed by atoms with Crippen LogP contribution in [0.3, 0.4) is 0 Å². The molecule has 6 heteroatoms. The zero-order valence-corrected chi connectivity index (χ0v) is 36.4. The Balaban J connectivity index is 1.31. The van der Waals surface area contributed by atoms with Crippen LogP contribution in [0.15, 0.2) is 170 Å². The molecule has 0 bridgehead atoms. The summed E-state index contributed by atoms with van der Waals surface area (Å²) in [4.78, 5) is 4.56. The first kappa shape index (κ1) is 36.6. The summed E-state index contributed by atoms with van der Waals surface area (Å²) >= 11 is 3.64. The van der Waals surface area contributed by atoms with Gasteiger partial charge in [-0.2, -0.15) is 5.26 Å². The average Bonchev–Trinajstić information content (AvgIpc) is 4.09. The van der Waals surface area contributed by atoms with Crippen molar-refractivity contribution in [2.75, 3.05) is 0 Å². The number of nitriles is 1. The van der Waals surface area contributed by atoms with E-state index in [1.165, 1.54) is 40.3 Å². The standard InChI is InChI=1S/C58H34N4S2/c1-33-16-4-6-18-35(33)50-43(32-59)55(61-44-24-12-8-22-41(44)51-46(61)30-28-39-37-20-10-14-26-48(37)63-57(39)51)53(36-19-7-5-17-34(36)2)56(54(50)60-3)62-45-25-13-9-23-42(45)52-47(62)31-29-40-38-21-11-15-27-49(38)64-58(40)52/h4-31H,1-2H3. The van der Waals surface area contributed by atoms with E-state index in [1.807, 2.05) is 34.8 Å². The maximum absolute atomic E-state index is 11.9. The first-order valence-corrected chi connectivity index (χ1v) is 23.0. The molecule has 0 fully saturated rings. The van der Waals surface area contributed by atoms with E-state index in [9.17, 15) is 11.8 Å². The minimum absolute atomic E-state index is 0.444. The molecule has 0 unspecified atom stereocenters. The number of rotatable bonds is 4. The number of aryl methyl sites for hydroxylation is 2. The lowest BCUT2D eigenvalue weighted by Crippen LogP contribution is -2.09. The minimum Gasteiger partial charge on any atom is -0.318 e. The van der Waals surface area contributed by atoms with Crippen LogP contribution in [0.4, 0.5) is 5.69 Å². The molecule has 298 valence electrons. The smallest absolute Gasteiger partial charge is 0.220 e. The van der Waals surface area contributed by atoms with Gasteiger partial charge in [0.25, 0.3) is 0 Å². The van der Waals surface area contributed by atoms with Crippen LogP contribution in [0.1, 0.15) is 16.7 Å². The fourth-order valence-electron chi connectivity index (χ4n) is 10.5. The van der Waals surface area contributed by atoms with Gasteiger partial charge in [-0.3, -0.25) is 0 Å². The predicted octanol–water partition coefficient (Wildman–Crippen LogP) is 17.0. The Morgan fingerprint density at radius 2 is 0.891 bits per heavy atom. The fraction of sp³-hybridized carbons (Fsp3) is 0.0345. The van der Waals surface area contributed by atoms with Crippen molar-refractivity contribution in [1.82, 2.24) is 9.13 Å². The molecule has 9 aromatic carbocycles. The van der Waals surface area contributed by atoms with Crippen LogP contribution in [0, 0.1) is 31.8 Å². The number of fused-ring (bicyclic) bond motifs is 14. The number of hydrogen-bond acceptors (Lipinski definition) is 3. The van der Waals surface area contributed by atoms with Crippen molar-refractivity contribution < 1.29 is 0 Å². The highest BCUT2D eigenvalue weighted by atomic mass is 32.1. The zero-order chi connectivity index (χ0) is 42.8. The van der Waals surface area contributed by atoms with E-state index < -0.39 is 0 Å². The number of aromatic nitrogens is 2. The van der Waals surface area contributed by atoms with Crippen LogP contribution in [0.2, 0.25) is 0 Å². The third-order valence-electron chi connectivity index (χ3n) is 13.3. The number of para-hydroxylation sites is 2. The lowest BCUT2D eigenvalue weighted by Gasteiger charge is -2.26. The quantitative estimate of drug-likeness (QED) is 0.163. The Hall–Kier alpha value is -8.00. The van der Waals surface area contributed by atoms with E-state index in [2.05, 4.69) is 192 Å². The molecule has 0 aliphatic carbocycles. The zero-order valence-electron chi connectivity index (χ0n) is 34.8. The van der Waals surface area contributed by atoms with E-state index in [4.69, 9.17) is 0 Å². The van der Waals surface area contributed by atoms with Gasteiger partial charge in [0.1, 0.15) is 6.07 Å². The molecule has 0 amide bonds. The molecule has 0 aliphatic heterocycles. The van der Waals surface area contributed by atoms with Crippen LogP contribution >= 0.6 is 22.7 Å². The summed E-state index contributed by atoms with van der Waals surface area (Å²) in [7, 11) is 0. The van der Waals surface area contributed by atoms with E-state index in [0.29, 0.717) is 16.8 Å². The molecular formula is C58H34N4S2. The molecule has 0 atom stereocenters. The highest BCUT2D eigenvalue weighted by molar-refractivity contribution is 7.27. The van der Waals surface area contributed by atoms with Gasteiger partial charge in [-0.05, 0) is 72.5 Å². The van der Waals surface area contributed by atoms with Crippen LogP contribution in [-0.4, -0.2) is 9.13 Å². The monoisotopic (exact) mass is 850 g/mol. The molecule has 0 saturated carbocycles. The predicted molar refractivity (Wildman–Crippen MR) is 272 cm³/mol. The highest BCUT2D eigenvalue weighted by Gasteiger charge is 2.33. The molecule has 13 rings (SSSR count). The molecule has 0 aliphatic rings. The molecular weight excluding hydrogens is 817 g/mol. The van der Waals surface area contributed by atoms with Gasteiger partial charge in [0, 0.05) is 73.0 Å². The molecule has 0 radical (unpaired) electrons. The Kier molecular flexibility index (Phi) is 7.87. The van der Waals surface area contributed by atoms with Gasteiger partial charge in [0.15, 0.2) is 0 Å². The highest BCUT2D eigenvalue weighted by Crippen LogP contribution is 2.54. The molecule has 0 spiro atoms. The summed E-state index contributed by atoms with van der Waals surface area (Å²) in [6.07, 6.45) is 0. The van der Waals surface area contributed by atoms with Crippen LogP contribution in [0.5, 0.6) is 0 Å². The van der Waals surface area contributed by atoms with Crippen molar-refractivity contribution in [3.8, 4) is 39.7 Å².